The number of rotatable bonds is 1. The second-order valence-corrected chi connectivity index (χ2v) is 4.33. The van der Waals surface area contributed by atoms with Crippen molar-refractivity contribution < 1.29 is 4.79 Å². The molecule has 0 spiro atoms. The van der Waals surface area contributed by atoms with Gasteiger partial charge in [0.05, 0.1) is 0 Å². The highest BCUT2D eigenvalue weighted by molar-refractivity contribution is 8.02. The summed E-state index contributed by atoms with van der Waals surface area (Å²) in [6, 6.07) is 0. The first kappa shape index (κ1) is 8.27. The number of nitrogens with zero attached hydrogens (tertiary/aromatic N) is 1. The molecule has 0 unspecified atom stereocenters. The van der Waals surface area contributed by atoms with Crippen LogP contribution in [0.1, 0.15) is 13.3 Å². The van der Waals surface area contributed by atoms with E-state index in [1.54, 1.807) is 4.90 Å². The van der Waals surface area contributed by atoms with Crippen LogP contribution in [0.3, 0.4) is 0 Å². The topological polar surface area (TPSA) is 20.3 Å². The van der Waals surface area contributed by atoms with Crippen LogP contribution in [0.15, 0.2) is 0 Å². The fourth-order valence-corrected chi connectivity index (χ4v) is 1.54. The lowest BCUT2D eigenvalue weighted by atomic mass is 10.3. The summed E-state index contributed by atoms with van der Waals surface area (Å²) >= 11 is 8.26. The second kappa shape index (κ2) is 2.66. The molecule has 1 saturated heterocycles. The zero-order chi connectivity index (χ0) is 7.78. The number of amides is 1. The van der Waals surface area contributed by atoms with Gasteiger partial charge in [0.15, 0.2) is 0 Å². The number of likely N-dealkylation sites (tertiary alicyclic amines) is 1. The van der Waals surface area contributed by atoms with Gasteiger partial charge in [0.1, 0.15) is 4.08 Å². The van der Waals surface area contributed by atoms with Crippen LogP contribution in [0.2, 0.25) is 0 Å². The monoisotopic (exact) mass is 177 g/mol. The normalized spacial score (nSPS) is 23.9. The Hall–Kier alpha value is 0.170. The summed E-state index contributed by atoms with van der Waals surface area (Å²) in [7, 11) is 0. The molecule has 0 N–H and O–H groups in total. The fraction of sp³-hybridized carbons (Fsp3) is 0.833. The molecule has 1 heterocycles. The summed E-state index contributed by atoms with van der Waals surface area (Å²) in [4.78, 5) is 13.0. The predicted molar refractivity (Wildman–Crippen MR) is 47.6 cm³/mol. The molecule has 2 nitrogen and oxygen atoms in total. The molecule has 0 aromatic carbocycles. The van der Waals surface area contributed by atoms with E-state index in [1.807, 2.05) is 6.92 Å². The van der Waals surface area contributed by atoms with Crippen molar-refractivity contribution in [3.05, 3.63) is 0 Å². The maximum atomic E-state index is 11.2. The van der Waals surface area contributed by atoms with E-state index in [0.29, 0.717) is 0 Å². The average Bonchev–Trinajstić information content (AvgIpc) is 2.10. The molecule has 4 heteroatoms. The van der Waals surface area contributed by atoms with Crippen molar-refractivity contribution in [1.29, 1.82) is 0 Å². The molecule has 0 aromatic rings. The maximum absolute atomic E-state index is 11.2. The Labute approximate surface area is 71.8 Å². The third kappa shape index (κ3) is 1.27. The van der Waals surface area contributed by atoms with Gasteiger partial charge in [0.2, 0.25) is 5.91 Å². The third-order valence-electron chi connectivity index (χ3n) is 1.74. The summed E-state index contributed by atoms with van der Waals surface area (Å²) in [5.41, 5.74) is 0. The number of hydrogen-bond donors (Lipinski definition) is 2. The van der Waals surface area contributed by atoms with Gasteiger partial charge in [0.25, 0.3) is 0 Å². The smallest absolute Gasteiger partial charge is 0.248 e. The van der Waals surface area contributed by atoms with Crippen molar-refractivity contribution in [2.24, 2.45) is 0 Å². The van der Waals surface area contributed by atoms with Gasteiger partial charge in [-0.25, -0.2) is 0 Å². The van der Waals surface area contributed by atoms with Crippen molar-refractivity contribution in [1.82, 2.24) is 4.90 Å². The van der Waals surface area contributed by atoms with E-state index in [0.717, 1.165) is 19.5 Å². The van der Waals surface area contributed by atoms with E-state index in [1.165, 1.54) is 0 Å². The van der Waals surface area contributed by atoms with E-state index < -0.39 is 4.08 Å². The van der Waals surface area contributed by atoms with Gasteiger partial charge in [-0.3, -0.25) is 4.79 Å². The molecular weight excluding hydrogens is 166 g/mol. The largest absolute Gasteiger partial charge is 0.341 e. The lowest BCUT2D eigenvalue weighted by Gasteiger charge is -2.15. The van der Waals surface area contributed by atoms with Crippen LogP contribution in [0, 0.1) is 0 Å². The minimum Gasteiger partial charge on any atom is -0.341 e. The van der Waals surface area contributed by atoms with Crippen LogP contribution in [0.4, 0.5) is 0 Å². The first-order chi connectivity index (χ1) is 4.58. The van der Waals surface area contributed by atoms with Crippen molar-refractivity contribution >= 4 is 31.2 Å². The Morgan fingerprint density at radius 1 is 1.70 bits per heavy atom. The Morgan fingerprint density at radius 2 is 2.30 bits per heavy atom. The minimum atomic E-state index is -0.698. The molecule has 0 aromatic heterocycles. The molecule has 58 valence electrons. The highest BCUT2D eigenvalue weighted by Gasteiger charge is 2.39. The van der Waals surface area contributed by atoms with Crippen molar-refractivity contribution in [3.63, 3.8) is 0 Å². The number of carbonyl (C=O) groups is 1. The van der Waals surface area contributed by atoms with E-state index in [-0.39, 0.29) is 5.91 Å². The molecule has 1 fully saturated rings. The number of thiol groups is 2. The Kier molecular flexibility index (Phi) is 2.20. The molecule has 1 aliphatic rings. The van der Waals surface area contributed by atoms with Gasteiger partial charge in [0, 0.05) is 13.1 Å². The quantitative estimate of drug-likeness (QED) is 0.448. The van der Waals surface area contributed by atoms with Gasteiger partial charge in [-0.1, -0.05) is 0 Å². The van der Waals surface area contributed by atoms with Crippen LogP contribution >= 0.6 is 25.3 Å². The van der Waals surface area contributed by atoms with Gasteiger partial charge >= 0.3 is 0 Å². The van der Waals surface area contributed by atoms with Crippen molar-refractivity contribution in [2.45, 2.75) is 17.4 Å². The summed E-state index contributed by atoms with van der Waals surface area (Å²) in [6.45, 7) is 3.52. The second-order valence-electron chi connectivity index (χ2n) is 2.45. The maximum Gasteiger partial charge on any atom is 0.248 e. The van der Waals surface area contributed by atoms with Gasteiger partial charge in [-0.15, -0.1) is 0 Å². The summed E-state index contributed by atoms with van der Waals surface area (Å²) in [5.74, 6) is 0.0432. The Bertz CT molecular complexity index is 158. The van der Waals surface area contributed by atoms with E-state index >= 15 is 0 Å². The van der Waals surface area contributed by atoms with Crippen LogP contribution in [-0.4, -0.2) is 28.0 Å². The zero-order valence-corrected chi connectivity index (χ0v) is 7.66. The van der Waals surface area contributed by atoms with Crippen molar-refractivity contribution in [2.75, 3.05) is 13.1 Å². The molecule has 0 radical (unpaired) electrons. The number of hydrogen-bond acceptors (Lipinski definition) is 3. The lowest BCUT2D eigenvalue weighted by molar-refractivity contribution is -0.127. The molecular formula is C6H11NOS2. The third-order valence-corrected chi connectivity index (χ3v) is 2.57. The van der Waals surface area contributed by atoms with E-state index in [4.69, 9.17) is 0 Å². The minimum absolute atomic E-state index is 0.0432. The van der Waals surface area contributed by atoms with E-state index in [2.05, 4.69) is 25.3 Å². The molecule has 0 aliphatic carbocycles. The molecule has 0 saturated carbocycles. The highest BCUT2D eigenvalue weighted by Crippen LogP contribution is 2.32. The molecule has 0 bridgehead atoms. The van der Waals surface area contributed by atoms with Gasteiger partial charge in [-0.2, -0.15) is 25.3 Å². The lowest BCUT2D eigenvalue weighted by Crippen LogP contribution is -2.31. The number of carbonyl (C=O) groups excluding carboxylic acids is 1. The van der Waals surface area contributed by atoms with E-state index in [9.17, 15) is 4.79 Å². The summed E-state index contributed by atoms with van der Waals surface area (Å²) in [5, 5.41) is 0. The summed E-state index contributed by atoms with van der Waals surface area (Å²) in [6.07, 6.45) is 0.742. The van der Waals surface area contributed by atoms with Crippen LogP contribution in [-0.2, 0) is 4.79 Å². The molecule has 1 rings (SSSR count). The molecule has 1 aliphatic heterocycles. The Morgan fingerprint density at radius 3 is 2.50 bits per heavy atom. The predicted octanol–water partition coefficient (Wildman–Crippen LogP) is 0.794. The van der Waals surface area contributed by atoms with Gasteiger partial charge in [-0.05, 0) is 13.3 Å². The zero-order valence-electron chi connectivity index (χ0n) is 5.87. The standard InChI is InChI=1S/C6H11NOS2/c1-2-7-4-3-6(9,10)5(7)8/h9-10H,2-4H2,1H3. The van der Waals surface area contributed by atoms with Crippen LogP contribution in [0.5, 0.6) is 0 Å². The molecule has 10 heavy (non-hydrogen) atoms. The Balaban J connectivity index is 2.67. The first-order valence-electron chi connectivity index (χ1n) is 3.32. The summed E-state index contributed by atoms with van der Waals surface area (Å²) < 4.78 is -0.698. The highest BCUT2D eigenvalue weighted by atomic mass is 32.2. The SMILES string of the molecule is CCN1CCC(S)(S)C1=O. The van der Waals surface area contributed by atoms with Crippen LogP contribution < -0.4 is 0 Å². The average molecular weight is 177 g/mol. The fourth-order valence-electron chi connectivity index (χ4n) is 1.05. The molecule has 0 atom stereocenters. The van der Waals surface area contributed by atoms with Crippen LogP contribution in [0.25, 0.3) is 0 Å². The molecule has 1 amide bonds. The van der Waals surface area contributed by atoms with Crippen molar-refractivity contribution in [3.8, 4) is 0 Å². The van der Waals surface area contributed by atoms with Gasteiger partial charge < -0.3 is 4.90 Å². The first-order valence-corrected chi connectivity index (χ1v) is 4.21.